The van der Waals surface area contributed by atoms with E-state index >= 15 is 0 Å². The predicted octanol–water partition coefficient (Wildman–Crippen LogP) is 4.99. The van der Waals surface area contributed by atoms with Crippen molar-refractivity contribution in [3.8, 4) is 39.1 Å². The maximum Gasteiger partial charge on any atom is 0.341 e. The maximum atomic E-state index is 12.0. The fourth-order valence-corrected chi connectivity index (χ4v) is 3.76. The molecule has 0 saturated carbocycles. The van der Waals surface area contributed by atoms with Crippen LogP contribution in [0.2, 0.25) is 10.0 Å². The Labute approximate surface area is 168 Å². The van der Waals surface area contributed by atoms with E-state index in [1.165, 1.54) is 31.6 Å². The number of hydrogen-bond donors (Lipinski definition) is 2. The highest BCUT2D eigenvalue weighted by atomic mass is 35.5. The molecule has 3 aromatic rings. The van der Waals surface area contributed by atoms with Gasteiger partial charge in [0.15, 0.2) is 11.5 Å². The Balaban J connectivity index is 2.06. The van der Waals surface area contributed by atoms with E-state index in [0.717, 1.165) is 0 Å². The van der Waals surface area contributed by atoms with Gasteiger partial charge in [-0.3, -0.25) is 0 Å². The lowest BCUT2D eigenvalue weighted by atomic mass is 10.1. The molecular formula is C18H13Cl2NO5S. The number of ether oxygens (including phenoxy) is 2. The van der Waals surface area contributed by atoms with E-state index < -0.39 is 17.5 Å². The van der Waals surface area contributed by atoms with Gasteiger partial charge in [0, 0.05) is 16.5 Å². The van der Waals surface area contributed by atoms with Crippen molar-refractivity contribution in [2.24, 2.45) is 0 Å². The summed E-state index contributed by atoms with van der Waals surface area (Å²) >= 11 is 13.3. The van der Waals surface area contributed by atoms with Crippen molar-refractivity contribution in [1.82, 2.24) is 4.98 Å². The number of halogens is 2. The number of nitrogens with zero attached hydrogens (tertiary/aromatic N) is 1. The third-order valence-electron chi connectivity index (χ3n) is 3.80. The Morgan fingerprint density at radius 2 is 1.89 bits per heavy atom. The molecule has 0 saturated heterocycles. The van der Waals surface area contributed by atoms with Crippen LogP contribution in [0.15, 0.2) is 29.6 Å². The van der Waals surface area contributed by atoms with Crippen molar-refractivity contribution >= 4 is 40.5 Å². The van der Waals surface area contributed by atoms with Crippen molar-refractivity contribution in [1.29, 1.82) is 0 Å². The van der Waals surface area contributed by atoms with Gasteiger partial charge in [0.1, 0.15) is 16.3 Å². The summed E-state index contributed by atoms with van der Waals surface area (Å²) < 4.78 is 9.96. The largest absolute Gasteiger partial charge is 0.503 e. The van der Waals surface area contributed by atoms with Gasteiger partial charge in [-0.15, -0.1) is 11.3 Å². The van der Waals surface area contributed by atoms with Gasteiger partial charge in [-0.1, -0.05) is 23.2 Å². The lowest BCUT2D eigenvalue weighted by Gasteiger charge is -2.08. The highest BCUT2D eigenvalue weighted by molar-refractivity contribution is 7.13. The number of benzene rings is 2. The number of hydrogen-bond acceptors (Lipinski definition) is 7. The fourth-order valence-electron chi connectivity index (χ4n) is 2.43. The molecule has 0 spiro atoms. The van der Waals surface area contributed by atoms with Crippen LogP contribution >= 0.6 is 34.5 Å². The van der Waals surface area contributed by atoms with Gasteiger partial charge in [-0.05, 0) is 24.3 Å². The summed E-state index contributed by atoms with van der Waals surface area (Å²) in [6.07, 6.45) is 0. The number of carbonyl (C=O) groups is 1. The minimum absolute atomic E-state index is 0.0407. The second-order valence-electron chi connectivity index (χ2n) is 5.36. The second-order valence-corrected chi connectivity index (χ2v) is 7.00. The Kier molecular flexibility index (Phi) is 5.46. The minimum atomic E-state index is -0.526. The molecule has 0 aliphatic heterocycles. The van der Waals surface area contributed by atoms with Gasteiger partial charge in [0.05, 0.1) is 30.0 Å². The number of methoxy groups -OCH3 is 2. The topological polar surface area (TPSA) is 88.9 Å². The van der Waals surface area contributed by atoms with Crippen LogP contribution in [0.3, 0.4) is 0 Å². The van der Waals surface area contributed by atoms with Crippen LogP contribution in [-0.2, 0) is 4.74 Å². The zero-order valence-electron chi connectivity index (χ0n) is 14.1. The van der Waals surface area contributed by atoms with Crippen LogP contribution in [0.1, 0.15) is 10.4 Å². The molecular weight excluding hydrogens is 413 g/mol. The smallest absolute Gasteiger partial charge is 0.341 e. The van der Waals surface area contributed by atoms with E-state index in [-0.39, 0.29) is 15.6 Å². The second kappa shape index (κ2) is 7.64. The van der Waals surface area contributed by atoms with Gasteiger partial charge >= 0.3 is 5.97 Å². The van der Waals surface area contributed by atoms with Crippen molar-refractivity contribution < 1.29 is 24.5 Å². The molecule has 0 amide bonds. The highest BCUT2D eigenvalue weighted by Gasteiger charge is 2.19. The lowest BCUT2D eigenvalue weighted by molar-refractivity contribution is 0.0597. The molecule has 0 aliphatic rings. The summed E-state index contributed by atoms with van der Waals surface area (Å²) in [5.74, 6) is -1.13. The molecule has 6 nitrogen and oxygen atoms in total. The zero-order chi connectivity index (χ0) is 19.7. The first-order valence-corrected chi connectivity index (χ1v) is 9.13. The average molecular weight is 426 g/mol. The van der Waals surface area contributed by atoms with Crippen molar-refractivity contribution in [2.75, 3.05) is 14.2 Å². The Bertz CT molecular complexity index is 1030. The van der Waals surface area contributed by atoms with E-state index in [1.54, 1.807) is 23.6 Å². The molecule has 0 bridgehead atoms. The van der Waals surface area contributed by atoms with E-state index in [4.69, 9.17) is 32.7 Å². The normalized spacial score (nSPS) is 10.7. The number of esters is 1. The van der Waals surface area contributed by atoms with Gasteiger partial charge in [-0.2, -0.15) is 0 Å². The van der Waals surface area contributed by atoms with Crippen LogP contribution in [0.5, 0.6) is 17.2 Å². The number of rotatable bonds is 4. The molecule has 2 N–H and O–H groups in total. The third kappa shape index (κ3) is 3.53. The van der Waals surface area contributed by atoms with Gasteiger partial charge in [-0.25, -0.2) is 9.78 Å². The molecule has 0 radical (unpaired) electrons. The molecule has 9 heteroatoms. The minimum Gasteiger partial charge on any atom is -0.503 e. The molecule has 0 atom stereocenters. The van der Waals surface area contributed by atoms with Crippen molar-refractivity contribution in [3.63, 3.8) is 0 Å². The molecule has 2 aromatic carbocycles. The van der Waals surface area contributed by atoms with E-state index in [2.05, 4.69) is 4.98 Å². The van der Waals surface area contributed by atoms with Gasteiger partial charge in [0.2, 0.25) is 0 Å². The highest BCUT2D eigenvalue weighted by Crippen LogP contribution is 2.46. The summed E-state index contributed by atoms with van der Waals surface area (Å²) in [7, 11) is 2.75. The Morgan fingerprint density at radius 1 is 1.15 bits per heavy atom. The number of carbonyl (C=O) groups excluding carboxylic acids is 1. The first-order chi connectivity index (χ1) is 12.9. The molecule has 0 fully saturated rings. The number of phenolic OH excluding ortho intramolecular Hbond substituents is 2. The molecule has 27 heavy (non-hydrogen) atoms. The zero-order valence-corrected chi connectivity index (χ0v) is 16.4. The SMILES string of the molecule is COC(=O)c1cc(-c2csc(-c3cc(Cl)c(O)c(O)c3Cl)n2)ccc1OC. The monoisotopic (exact) mass is 425 g/mol. The summed E-state index contributed by atoms with van der Waals surface area (Å²) in [5, 5.41) is 21.7. The number of aromatic hydroxyl groups is 2. The molecule has 3 rings (SSSR count). The van der Waals surface area contributed by atoms with Crippen LogP contribution in [0, 0.1) is 0 Å². The maximum absolute atomic E-state index is 12.0. The molecule has 1 heterocycles. The first-order valence-electron chi connectivity index (χ1n) is 7.50. The lowest BCUT2D eigenvalue weighted by Crippen LogP contribution is -2.04. The molecule has 0 unspecified atom stereocenters. The Hall–Kier alpha value is -2.48. The standard InChI is InChI=1S/C18H13Cl2NO5S/c1-25-13-4-3-8(5-9(13)18(24)26-2)12-7-27-17(21-12)10-6-11(19)15(22)16(23)14(10)20/h3-7,22-23H,1-2H3. The van der Waals surface area contributed by atoms with Crippen LogP contribution < -0.4 is 4.74 Å². The third-order valence-corrected chi connectivity index (χ3v) is 5.35. The van der Waals surface area contributed by atoms with Crippen LogP contribution in [-0.4, -0.2) is 35.4 Å². The summed E-state index contributed by atoms with van der Waals surface area (Å²) in [4.78, 5) is 16.4. The van der Waals surface area contributed by atoms with Crippen LogP contribution in [0.4, 0.5) is 0 Å². The summed E-state index contributed by atoms with van der Waals surface area (Å²) in [5.41, 5.74) is 1.91. The van der Waals surface area contributed by atoms with E-state index in [1.807, 2.05) is 0 Å². The average Bonchev–Trinajstić information content (AvgIpc) is 3.17. The molecule has 0 aliphatic carbocycles. The first kappa shape index (κ1) is 19.3. The van der Waals surface area contributed by atoms with Crippen LogP contribution in [0.25, 0.3) is 21.8 Å². The van der Waals surface area contributed by atoms with Crippen molar-refractivity contribution in [2.45, 2.75) is 0 Å². The van der Waals surface area contributed by atoms with Gasteiger partial charge < -0.3 is 19.7 Å². The van der Waals surface area contributed by atoms with Gasteiger partial charge in [0.25, 0.3) is 0 Å². The summed E-state index contributed by atoms with van der Waals surface area (Å²) in [6, 6.07) is 6.45. The number of aromatic nitrogens is 1. The fraction of sp³-hybridized carbons (Fsp3) is 0.111. The predicted molar refractivity (Wildman–Crippen MR) is 104 cm³/mol. The number of thiazole rings is 1. The Morgan fingerprint density at radius 3 is 2.56 bits per heavy atom. The summed E-state index contributed by atoms with van der Waals surface area (Å²) in [6.45, 7) is 0. The van der Waals surface area contributed by atoms with Crippen molar-refractivity contribution in [3.05, 3.63) is 45.3 Å². The number of phenols is 2. The van der Waals surface area contributed by atoms with E-state index in [0.29, 0.717) is 27.6 Å². The molecule has 1 aromatic heterocycles. The van der Waals surface area contributed by atoms with E-state index in [9.17, 15) is 15.0 Å². The quantitative estimate of drug-likeness (QED) is 0.451. The molecule has 140 valence electrons.